The highest BCUT2D eigenvalue weighted by atomic mass is 15.3. The first kappa shape index (κ1) is 56.6. The van der Waals surface area contributed by atoms with Crippen molar-refractivity contribution in [1.29, 1.82) is 0 Å². The molecule has 0 aromatic heterocycles. The van der Waals surface area contributed by atoms with Gasteiger partial charge in [0.15, 0.2) is 0 Å². The first-order chi connectivity index (χ1) is 42.7. The normalized spacial score (nSPS) is 18.4. The van der Waals surface area contributed by atoms with Crippen molar-refractivity contribution in [1.82, 2.24) is 5.32 Å². The Labute approximate surface area is 529 Å². The molecule has 10 aromatic rings. The molecule has 4 heterocycles. The predicted octanol–water partition coefficient (Wildman–Crippen LogP) is 19.5. The second-order valence-corrected chi connectivity index (χ2v) is 29.4. The zero-order valence-corrected chi connectivity index (χ0v) is 53.8. The summed E-state index contributed by atoms with van der Waals surface area (Å²) in [7, 11) is 0. The van der Waals surface area contributed by atoms with Gasteiger partial charge in [0.2, 0.25) is 0 Å². The van der Waals surface area contributed by atoms with Crippen LogP contribution in [-0.2, 0) is 33.6 Å². The van der Waals surface area contributed by atoms with Crippen LogP contribution in [0, 0.1) is 0 Å². The van der Waals surface area contributed by atoms with Gasteiger partial charge in [-0.3, -0.25) is 0 Å². The molecule has 440 valence electrons. The lowest BCUT2D eigenvalue weighted by atomic mass is 9.33. The number of fused-ring (bicyclic) bond motifs is 9. The Bertz CT molecular complexity index is 4540. The number of aryl methyl sites for hydroxylation is 1. The van der Waals surface area contributed by atoms with Crippen molar-refractivity contribution in [3.8, 4) is 33.4 Å². The van der Waals surface area contributed by atoms with Crippen molar-refractivity contribution >= 4 is 74.2 Å². The van der Waals surface area contributed by atoms with E-state index in [1.165, 1.54) is 123 Å². The zero-order chi connectivity index (χ0) is 61.5. The number of benzene rings is 10. The van der Waals surface area contributed by atoms with Crippen LogP contribution in [0.15, 0.2) is 237 Å². The molecule has 10 aromatic carbocycles. The molecule has 0 amide bonds. The van der Waals surface area contributed by atoms with Crippen molar-refractivity contribution in [2.75, 3.05) is 27.8 Å². The van der Waals surface area contributed by atoms with Crippen LogP contribution < -0.4 is 36.4 Å². The molecule has 1 aliphatic carbocycles. The van der Waals surface area contributed by atoms with Crippen molar-refractivity contribution < 1.29 is 0 Å². The van der Waals surface area contributed by atoms with Crippen LogP contribution in [-0.4, -0.2) is 19.8 Å². The summed E-state index contributed by atoms with van der Waals surface area (Å²) in [6, 6.07) is 84.8. The standard InChI is InChI=1S/C84H81BN4/c1-54-44-61(53-86-52-54)59-32-38-74-69(45-59)83(11)43-42-58-30-22-23-31-68(58)84(83,12)89(74)65-50-77-79-78(51-65)88(73-41-36-63(81(5,6)7)48-67(73)57-28-20-15-21-29-57)76-49-64(82(8,9)10)34-37-70(76)85(79)71-46-60(55-24-16-13-17-25-55)33-39-75(71)87(77)72-40-35-62(80(2,3)4)47-66(72)56-26-18-14-19-27-56/h13-41,44-51,86H,1,42-43,52-53H2,2-12H3. The van der Waals surface area contributed by atoms with Crippen molar-refractivity contribution in [3.05, 3.63) is 276 Å². The fourth-order valence-corrected chi connectivity index (χ4v) is 15.8. The van der Waals surface area contributed by atoms with Gasteiger partial charge in [-0.05, 0) is 185 Å². The lowest BCUT2D eigenvalue weighted by Gasteiger charge is -2.52. The Morgan fingerprint density at radius 1 is 0.427 bits per heavy atom. The molecule has 0 radical (unpaired) electrons. The molecule has 0 bridgehead atoms. The first-order valence-electron chi connectivity index (χ1n) is 32.3. The minimum Gasteiger partial charge on any atom is -0.330 e. The maximum Gasteiger partial charge on any atom is 0.252 e. The van der Waals surface area contributed by atoms with Gasteiger partial charge in [-0.2, -0.15) is 0 Å². The summed E-state index contributed by atoms with van der Waals surface area (Å²) in [4.78, 5) is 8.18. The molecule has 2 atom stereocenters. The van der Waals surface area contributed by atoms with Gasteiger partial charge < -0.3 is 20.0 Å². The van der Waals surface area contributed by atoms with Gasteiger partial charge in [0, 0.05) is 63.8 Å². The third-order valence-corrected chi connectivity index (χ3v) is 20.9. The number of rotatable bonds is 7. The number of nitrogens with one attached hydrogen (secondary N) is 1. The van der Waals surface area contributed by atoms with Gasteiger partial charge in [-0.1, -0.05) is 240 Å². The van der Waals surface area contributed by atoms with E-state index < -0.39 is 5.54 Å². The van der Waals surface area contributed by atoms with E-state index in [0.29, 0.717) is 0 Å². The van der Waals surface area contributed by atoms with Crippen LogP contribution in [0.4, 0.5) is 45.5 Å². The minimum atomic E-state index is -0.502. The van der Waals surface area contributed by atoms with E-state index in [0.717, 1.165) is 48.6 Å². The molecule has 0 spiro atoms. The summed E-state index contributed by atoms with van der Waals surface area (Å²) in [6.45, 7) is 32.2. The van der Waals surface area contributed by atoms with E-state index >= 15 is 0 Å². The Balaban J connectivity index is 1.11. The number of hydrogen-bond acceptors (Lipinski definition) is 4. The number of nitrogens with zero attached hydrogens (tertiary/aromatic N) is 3. The van der Waals surface area contributed by atoms with Gasteiger partial charge in [-0.25, -0.2) is 0 Å². The maximum atomic E-state index is 4.43. The van der Waals surface area contributed by atoms with Crippen molar-refractivity contribution in [3.63, 3.8) is 0 Å². The molecule has 0 fully saturated rings. The van der Waals surface area contributed by atoms with Crippen LogP contribution in [0.1, 0.15) is 122 Å². The molecule has 4 aliphatic heterocycles. The lowest BCUT2D eigenvalue weighted by Crippen LogP contribution is -2.61. The van der Waals surface area contributed by atoms with Gasteiger partial charge >= 0.3 is 0 Å². The minimum absolute atomic E-state index is 0.0921. The summed E-state index contributed by atoms with van der Waals surface area (Å²) in [6.07, 6.45) is 4.33. The second kappa shape index (κ2) is 20.6. The average molecular weight is 1160 g/mol. The van der Waals surface area contributed by atoms with Crippen LogP contribution in [0.5, 0.6) is 0 Å². The summed E-state index contributed by atoms with van der Waals surface area (Å²) in [5, 5.41) is 3.66. The van der Waals surface area contributed by atoms with Crippen molar-refractivity contribution in [2.45, 2.75) is 116 Å². The van der Waals surface area contributed by atoms with E-state index in [-0.39, 0.29) is 28.4 Å². The molecule has 15 rings (SSSR count). The molecule has 5 heteroatoms. The Morgan fingerprint density at radius 2 is 0.944 bits per heavy atom. The highest BCUT2D eigenvalue weighted by Gasteiger charge is 2.60. The lowest BCUT2D eigenvalue weighted by molar-refractivity contribution is 0.245. The molecule has 2 unspecified atom stereocenters. The van der Waals surface area contributed by atoms with Crippen molar-refractivity contribution in [2.24, 2.45) is 0 Å². The smallest absolute Gasteiger partial charge is 0.252 e. The van der Waals surface area contributed by atoms with Gasteiger partial charge in [0.1, 0.15) is 0 Å². The zero-order valence-electron chi connectivity index (χ0n) is 53.8. The second-order valence-electron chi connectivity index (χ2n) is 29.4. The summed E-state index contributed by atoms with van der Waals surface area (Å²) in [5.41, 5.74) is 31.3. The third kappa shape index (κ3) is 9.04. The molecule has 0 saturated heterocycles. The molecule has 89 heavy (non-hydrogen) atoms. The van der Waals surface area contributed by atoms with E-state index in [9.17, 15) is 0 Å². The molecule has 4 nitrogen and oxygen atoms in total. The Morgan fingerprint density at radius 3 is 1.54 bits per heavy atom. The highest BCUT2D eigenvalue weighted by Crippen LogP contribution is 2.65. The van der Waals surface area contributed by atoms with Crippen LogP contribution in [0.25, 0.3) is 39.0 Å². The molecular weight excluding hydrogens is 1080 g/mol. The predicted molar refractivity (Wildman–Crippen MR) is 381 cm³/mol. The SMILES string of the molecule is C=C1C=C(c2ccc3c(c2)C2(C)CCc4ccccc4C2(C)N3c2cc3c4c(c2)N(c2ccc(C(C)(C)C)cc2-c2ccccc2)c2cc(C(C)(C)C)ccc2B4c2cc(-c4ccccc4)ccc2N3c2ccc(C(C)(C)C)cc2-c2ccccc2)CNC1. The van der Waals surface area contributed by atoms with E-state index in [1.54, 1.807) is 0 Å². The maximum absolute atomic E-state index is 4.43. The Kier molecular flexibility index (Phi) is 13.1. The summed E-state index contributed by atoms with van der Waals surface area (Å²) < 4.78 is 0. The number of anilines is 8. The molecule has 5 aliphatic rings. The van der Waals surface area contributed by atoms with Crippen LogP contribution in [0.2, 0.25) is 0 Å². The largest absolute Gasteiger partial charge is 0.330 e. The first-order valence-corrected chi connectivity index (χ1v) is 32.3. The molecule has 0 saturated carbocycles. The quantitative estimate of drug-likeness (QED) is 0.161. The van der Waals surface area contributed by atoms with E-state index in [2.05, 4.69) is 327 Å². The fraction of sp³-hybridized carbons (Fsp3) is 0.238. The summed E-state index contributed by atoms with van der Waals surface area (Å²) in [5.74, 6) is 0. The molecule has 1 N–H and O–H groups in total. The van der Waals surface area contributed by atoms with E-state index in [1.807, 2.05) is 0 Å². The van der Waals surface area contributed by atoms with Crippen LogP contribution in [0.3, 0.4) is 0 Å². The Hall–Kier alpha value is -8.90. The highest BCUT2D eigenvalue weighted by molar-refractivity contribution is 7.00. The van der Waals surface area contributed by atoms with Gasteiger partial charge in [0.05, 0.1) is 16.9 Å². The fourth-order valence-electron chi connectivity index (χ4n) is 15.8. The van der Waals surface area contributed by atoms with Gasteiger partial charge in [0.25, 0.3) is 6.71 Å². The number of hydrogen-bond donors (Lipinski definition) is 1. The third-order valence-electron chi connectivity index (χ3n) is 20.9. The van der Waals surface area contributed by atoms with E-state index in [4.69, 9.17) is 0 Å². The molecular formula is C84H81BN4. The topological polar surface area (TPSA) is 21.8 Å². The monoisotopic (exact) mass is 1160 g/mol. The average Bonchev–Trinajstić information content (AvgIpc) is 1.66. The summed E-state index contributed by atoms with van der Waals surface area (Å²) >= 11 is 0. The van der Waals surface area contributed by atoms with Crippen LogP contribution >= 0.6 is 0 Å². The van der Waals surface area contributed by atoms with Gasteiger partial charge in [-0.15, -0.1) is 0 Å².